The van der Waals surface area contributed by atoms with Crippen LogP contribution in [0.15, 0.2) is 24.3 Å². The Hall–Kier alpha value is -1.18. The first-order valence-electron chi connectivity index (χ1n) is 4.89. The molecule has 2 nitrogen and oxygen atoms in total. The van der Waals surface area contributed by atoms with Crippen molar-refractivity contribution in [1.29, 1.82) is 0 Å². The molecule has 2 aromatic carbocycles. The molecule has 3 aromatic rings. The third kappa shape index (κ3) is 1.17. The van der Waals surface area contributed by atoms with Crippen molar-refractivity contribution in [3.05, 3.63) is 35.4 Å². The number of aromatic nitrogens is 2. The first-order chi connectivity index (χ1) is 7.29. The Kier molecular flexibility index (Phi) is 1.91. The Morgan fingerprint density at radius 2 is 1.33 bits per heavy atom. The molecule has 0 N–H and O–H groups in total. The average molecular weight is 261 g/mol. The normalized spacial score (nSPS) is 11.3. The van der Waals surface area contributed by atoms with E-state index in [1.54, 1.807) is 0 Å². The van der Waals surface area contributed by atoms with Crippen molar-refractivity contribution >= 4 is 36.8 Å². The van der Waals surface area contributed by atoms with Gasteiger partial charge in [-0.15, -0.1) is 0 Å². The second-order valence-electron chi connectivity index (χ2n) is 3.76. The van der Waals surface area contributed by atoms with Gasteiger partial charge in [0.1, 0.15) is 0 Å². The summed E-state index contributed by atoms with van der Waals surface area (Å²) in [7, 11) is 0. The van der Waals surface area contributed by atoms with E-state index in [2.05, 4.69) is 46.1 Å². The summed E-state index contributed by atoms with van der Waals surface area (Å²) in [6, 6.07) is 8.49. The molecular weight excluding hydrogens is 251 g/mol. The van der Waals surface area contributed by atoms with Crippen molar-refractivity contribution in [2.75, 3.05) is 0 Å². The molecule has 0 spiro atoms. The Bertz CT molecular complexity index is 600. The van der Waals surface area contributed by atoms with Crippen molar-refractivity contribution < 1.29 is 0 Å². The number of aryl methyl sites for hydroxylation is 2. The van der Waals surface area contributed by atoms with E-state index in [4.69, 9.17) is 0 Å². The summed E-state index contributed by atoms with van der Waals surface area (Å²) in [6.07, 6.45) is 0. The van der Waals surface area contributed by atoms with Gasteiger partial charge in [0.05, 0.1) is 0 Å². The van der Waals surface area contributed by atoms with Crippen LogP contribution in [0, 0.1) is 13.8 Å². The summed E-state index contributed by atoms with van der Waals surface area (Å²) in [5.74, 6) is 0. The van der Waals surface area contributed by atoms with Crippen molar-refractivity contribution in [3.63, 3.8) is 0 Å². The Morgan fingerprint density at radius 3 is 1.80 bits per heavy atom. The predicted octanol–water partition coefficient (Wildman–Crippen LogP) is 2.46. The minimum absolute atomic E-state index is 0.0647. The van der Waals surface area contributed by atoms with Crippen LogP contribution < -0.4 is 0 Å². The minimum atomic E-state index is 0.0647. The number of benzene rings is 2. The van der Waals surface area contributed by atoms with Crippen LogP contribution in [-0.4, -0.2) is 22.9 Å². The van der Waals surface area contributed by atoms with Gasteiger partial charge in [-0.2, -0.15) is 0 Å². The summed E-state index contributed by atoms with van der Waals surface area (Å²) >= 11 is 0.0647. The third-order valence-electron chi connectivity index (χ3n) is 2.93. The fourth-order valence-corrected chi connectivity index (χ4v) is 3.44. The second-order valence-corrected chi connectivity index (χ2v) is 4.87. The van der Waals surface area contributed by atoms with Gasteiger partial charge in [0, 0.05) is 0 Å². The molecule has 0 aliphatic rings. The van der Waals surface area contributed by atoms with Crippen LogP contribution in [0.3, 0.4) is 0 Å². The summed E-state index contributed by atoms with van der Waals surface area (Å²) in [5.41, 5.74) is 4.78. The van der Waals surface area contributed by atoms with Gasteiger partial charge in [-0.25, -0.2) is 0 Å². The van der Waals surface area contributed by atoms with E-state index >= 15 is 0 Å². The van der Waals surface area contributed by atoms with Gasteiger partial charge < -0.3 is 0 Å². The van der Waals surface area contributed by atoms with Crippen LogP contribution in [0.1, 0.15) is 11.1 Å². The zero-order chi connectivity index (χ0) is 10.4. The molecule has 0 aliphatic heterocycles. The van der Waals surface area contributed by atoms with Crippen molar-refractivity contribution in [2.24, 2.45) is 0 Å². The van der Waals surface area contributed by atoms with Gasteiger partial charge in [0.15, 0.2) is 0 Å². The maximum absolute atomic E-state index is 4.51. The molecular formula is C12H10N2Se. The third-order valence-corrected chi connectivity index (χ3v) is 4.04. The maximum atomic E-state index is 4.51. The zero-order valence-electron chi connectivity index (χ0n) is 8.61. The van der Waals surface area contributed by atoms with Gasteiger partial charge in [-0.3, -0.25) is 0 Å². The van der Waals surface area contributed by atoms with E-state index in [1.165, 1.54) is 21.9 Å². The van der Waals surface area contributed by atoms with Crippen LogP contribution in [0.4, 0.5) is 0 Å². The zero-order valence-corrected chi connectivity index (χ0v) is 10.3. The summed E-state index contributed by atoms with van der Waals surface area (Å²) in [6.45, 7) is 4.28. The van der Waals surface area contributed by atoms with Crippen LogP contribution in [0.5, 0.6) is 0 Å². The van der Waals surface area contributed by atoms with Crippen LogP contribution in [0.2, 0.25) is 0 Å². The SMILES string of the molecule is Cc1c2ccccc2c(C)c2n[se]nc12. The summed E-state index contributed by atoms with van der Waals surface area (Å²) < 4.78 is 9.01. The van der Waals surface area contributed by atoms with Gasteiger partial charge in [0.2, 0.25) is 0 Å². The molecule has 0 amide bonds. The van der Waals surface area contributed by atoms with Crippen molar-refractivity contribution in [3.8, 4) is 0 Å². The van der Waals surface area contributed by atoms with E-state index < -0.39 is 0 Å². The summed E-state index contributed by atoms with van der Waals surface area (Å²) in [5, 5.41) is 2.62. The Balaban J connectivity index is 2.69. The van der Waals surface area contributed by atoms with Crippen LogP contribution in [0.25, 0.3) is 21.8 Å². The van der Waals surface area contributed by atoms with Crippen molar-refractivity contribution in [2.45, 2.75) is 13.8 Å². The number of fused-ring (bicyclic) bond motifs is 2. The number of nitrogens with zero attached hydrogens (tertiary/aromatic N) is 2. The summed E-state index contributed by atoms with van der Waals surface area (Å²) in [4.78, 5) is 0. The first-order valence-corrected chi connectivity index (χ1v) is 6.42. The monoisotopic (exact) mass is 262 g/mol. The standard InChI is InChI=1S/C12H10N2Se/c1-7-9-5-3-4-6-10(9)8(2)12-11(7)13-15-14-12/h3-6H,1-2H3. The fourth-order valence-electron chi connectivity index (χ4n) is 2.07. The molecule has 1 heterocycles. The van der Waals surface area contributed by atoms with E-state index in [-0.39, 0.29) is 15.0 Å². The molecule has 0 saturated carbocycles. The molecule has 0 bridgehead atoms. The van der Waals surface area contributed by atoms with Crippen LogP contribution >= 0.6 is 0 Å². The number of hydrogen-bond acceptors (Lipinski definition) is 2. The number of hydrogen-bond donors (Lipinski definition) is 0. The second kappa shape index (κ2) is 3.16. The molecule has 0 fully saturated rings. The van der Waals surface area contributed by atoms with Crippen LogP contribution in [-0.2, 0) is 0 Å². The Morgan fingerprint density at radius 1 is 0.867 bits per heavy atom. The topological polar surface area (TPSA) is 25.8 Å². The molecule has 15 heavy (non-hydrogen) atoms. The van der Waals surface area contributed by atoms with Gasteiger partial charge in [-0.05, 0) is 0 Å². The van der Waals surface area contributed by atoms with E-state index in [9.17, 15) is 0 Å². The quantitative estimate of drug-likeness (QED) is 0.581. The van der Waals surface area contributed by atoms with Crippen molar-refractivity contribution in [1.82, 2.24) is 7.96 Å². The molecule has 0 atom stereocenters. The van der Waals surface area contributed by atoms with Gasteiger partial charge in [-0.1, -0.05) is 0 Å². The molecule has 1 aromatic heterocycles. The fraction of sp³-hybridized carbons (Fsp3) is 0.167. The molecule has 3 rings (SSSR count). The van der Waals surface area contributed by atoms with E-state index in [0.29, 0.717) is 0 Å². The molecule has 0 unspecified atom stereocenters. The van der Waals surface area contributed by atoms with E-state index in [1.807, 2.05) is 0 Å². The molecule has 0 radical (unpaired) electrons. The molecule has 74 valence electrons. The molecule has 3 heteroatoms. The molecule has 0 saturated heterocycles. The van der Waals surface area contributed by atoms with Gasteiger partial charge >= 0.3 is 94.0 Å². The van der Waals surface area contributed by atoms with E-state index in [0.717, 1.165) is 11.0 Å². The average Bonchev–Trinajstić information content (AvgIpc) is 2.75. The van der Waals surface area contributed by atoms with Gasteiger partial charge in [0.25, 0.3) is 0 Å². The Labute approximate surface area is 94.2 Å². The molecule has 0 aliphatic carbocycles. The first kappa shape index (κ1) is 9.08. The predicted molar refractivity (Wildman–Crippen MR) is 63.5 cm³/mol. The number of rotatable bonds is 0.